The minimum Gasteiger partial charge on any atom is -0.395 e. The van der Waals surface area contributed by atoms with Gasteiger partial charge in [0, 0.05) is 7.11 Å². The molecule has 0 saturated carbocycles. The highest BCUT2D eigenvalue weighted by Gasteiger charge is 2.09. The Hall–Kier alpha value is 0.295. The van der Waals surface area contributed by atoms with Crippen LogP contribution in [0.2, 0.25) is 0 Å². The molecule has 0 fully saturated rings. The zero-order valence-electron chi connectivity index (χ0n) is 6.93. The van der Waals surface area contributed by atoms with Crippen LogP contribution >= 0.6 is 8.60 Å². The molecule has 2 radical (unpaired) electrons. The second-order valence-electron chi connectivity index (χ2n) is 2.00. The summed E-state index contributed by atoms with van der Waals surface area (Å²) in [5, 5.41) is 11.5. The largest absolute Gasteiger partial charge is 0.395 e. The van der Waals surface area contributed by atoms with Crippen LogP contribution in [-0.4, -0.2) is 50.7 Å². The average molecular weight is 193 g/mol. The van der Waals surface area contributed by atoms with Gasteiger partial charge in [0.2, 0.25) is 0 Å². The minimum atomic E-state index is -1.82. The Balaban J connectivity index is 3.43. The Morgan fingerprint density at radius 3 is 2.75 bits per heavy atom. The number of rotatable bonds is 7. The molecule has 0 bridgehead atoms. The standard InChI is InChI=1S/C5H13BNO4P/c1-10-12(9)11-3-5(2-8)7-4-6/h5,7-9H,2-4H2,1H3. The monoisotopic (exact) mass is 193 g/mol. The zero-order valence-corrected chi connectivity index (χ0v) is 7.83. The van der Waals surface area contributed by atoms with Gasteiger partial charge in [-0.3, -0.25) is 0 Å². The van der Waals surface area contributed by atoms with Gasteiger partial charge in [0.15, 0.2) is 0 Å². The molecule has 0 aromatic carbocycles. The third-order valence-corrected chi connectivity index (χ3v) is 1.85. The highest BCUT2D eigenvalue weighted by molar-refractivity contribution is 7.40. The van der Waals surface area contributed by atoms with E-state index in [1.165, 1.54) is 7.11 Å². The molecule has 0 aromatic heterocycles. The Labute approximate surface area is 74.5 Å². The number of nitrogens with one attached hydrogen (secondary N) is 1. The van der Waals surface area contributed by atoms with Crippen LogP contribution < -0.4 is 5.32 Å². The van der Waals surface area contributed by atoms with Crippen LogP contribution in [0.3, 0.4) is 0 Å². The average Bonchev–Trinajstić information content (AvgIpc) is 2.11. The maximum atomic E-state index is 8.85. The second-order valence-corrected chi connectivity index (χ2v) is 3.10. The lowest BCUT2D eigenvalue weighted by Gasteiger charge is -2.16. The molecular weight excluding hydrogens is 180 g/mol. The van der Waals surface area contributed by atoms with E-state index in [1.54, 1.807) is 0 Å². The number of aliphatic hydroxyl groups is 1. The molecule has 0 aliphatic carbocycles. The fourth-order valence-corrected chi connectivity index (χ4v) is 0.962. The summed E-state index contributed by atoms with van der Waals surface area (Å²) in [5.74, 6) is 0. The Morgan fingerprint density at radius 1 is 1.67 bits per heavy atom. The predicted octanol–water partition coefficient (Wildman–Crippen LogP) is -1.05. The lowest BCUT2D eigenvalue weighted by molar-refractivity contribution is 0.165. The van der Waals surface area contributed by atoms with E-state index in [-0.39, 0.29) is 25.7 Å². The van der Waals surface area contributed by atoms with Crippen molar-refractivity contribution in [2.45, 2.75) is 6.04 Å². The lowest BCUT2D eigenvalue weighted by atomic mass is 10.1. The molecule has 0 heterocycles. The fraction of sp³-hybridized carbons (Fsp3) is 1.00. The van der Waals surface area contributed by atoms with Crippen LogP contribution in [0.15, 0.2) is 0 Å². The summed E-state index contributed by atoms with van der Waals surface area (Å²) < 4.78 is 9.30. The van der Waals surface area contributed by atoms with Crippen LogP contribution in [-0.2, 0) is 9.05 Å². The molecule has 7 heteroatoms. The summed E-state index contributed by atoms with van der Waals surface area (Å²) in [7, 11) is 4.70. The van der Waals surface area contributed by atoms with Crippen LogP contribution in [0, 0.1) is 0 Å². The number of hydrogen-bond acceptors (Lipinski definition) is 5. The summed E-state index contributed by atoms with van der Waals surface area (Å²) in [6.07, 6.45) is 0.255. The Bertz CT molecular complexity index is 109. The molecule has 0 aromatic rings. The predicted molar refractivity (Wildman–Crippen MR) is 46.7 cm³/mol. The summed E-state index contributed by atoms with van der Waals surface area (Å²) in [5.41, 5.74) is 0. The first kappa shape index (κ1) is 12.3. The second kappa shape index (κ2) is 7.92. The van der Waals surface area contributed by atoms with Crippen molar-refractivity contribution in [3.8, 4) is 0 Å². The highest BCUT2D eigenvalue weighted by atomic mass is 31.2. The normalized spacial score (nSPS) is 15.9. The van der Waals surface area contributed by atoms with Crippen LogP contribution in [0.1, 0.15) is 0 Å². The molecule has 2 atom stereocenters. The SMILES string of the molecule is [B]CNC(CO)COP(O)OC. The Kier molecular flexibility index (Phi) is 8.11. The van der Waals surface area contributed by atoms with Crippen molar-refractivity contribution in [1.29, 1.82) is 0 Å². The number of hydrogen-bond donors (Lipinski definition) is 3. The third-order valence-electron chi connectivity index (χ3n) is 1.17. The van der Waals surface area contributed by atoms with E-state index in [4.69, 9.17) is 22.4 Å². The van der Waals surface area contributed by atoms with Gasteiger partial charge in [0.1, 0.15) is 0 Å². The van der Waals surface area contributed by atoms with Gasteiger partial charge in [0.05, 0.1) is 27.1 Å². The minimum absolute atomic E-state index is 0.0932. The summed E-state index contributed by atoms with van der Waals surface area (Å²) in [6.45, 7) is 0.0772. The summed E-state index contributed by atoms with van der Waals surface area (Å²) >= 11 is 0. The molecule has 0 saturated heterocycles. The fourth-order valence-electron chi connectivity index (χ4n) is 0.549. The third kappa shape index (κ3) is 5.88. The molecule has 2 unspecified atom stereocenters. The van der Waals surface area contributed by atoms with Crippen LogP contribution in [0.25, 0.3) is 0 Å². The summed E-state index contributed by atoms with van der Waals surface area (Å²) in [6, 6.07) is -0.262. The smallest absolute Gasteiger partial charge is 0.329 e. The quantitative estimate of drug-likeness (QED) is 0.355. The van der Waals surface area contributed by atoms with Crippen molar-refractivity contribution >= 4 is 16.4 Å². The van der Waals surface area contributed by atoms with E-state index in [2.05, 4.69) is 9.84 Å². The molecule has 70 valence electrons. The molecule has 0 amide bonds. The topological polar surface area (TPSA) is 71.0 Å². The molecule has 12 heavy (non-hydrogen) atoms. The lowest BCUT2D eigenvalue weighted by Crippen LogP contribution is -2.37. The van der Waals surface area contributed by atoms with Gasteiger partial charge in [-0.25, -0.2) is 0 Å². The van der Waals surface area contributed by atoms with E-state index in [9.17, 15) is 0 Å². The van der Waals surface area contributed by atoms with Crippen molar-refractivity contribution < 1.29 is 19.0 Å². The van der Waals surface area contributed by atoms with Crippen molar-refractivity contribution in [2.24, 2.45) is 0 Å². The first-order valence-corrected chi connectivity index (χ1v) is 4.58. The molecular formula is C5H13BNO4P. The van der Waals surface area contributed by atoms with E-state index < -0.39 is 8.60 Å². The first-order chi connectivity index (χ1) is 5.74. The maximum absolute atomic E-state index is 8.85. The van der Waals surface area contributed by atoms with Crippen LogP contribution in [0.4, 0.5) is 0 Å². The van der Waals surface area contributed by atoms with Gasteiger partial charge < -0.3 is 24.4 Å². The van der Waals surface area contributed by atoms with Crippen molar-refractivity contribution in [2.75, 3.05) is 26.8 Å². The highest BCUT2D eigenvalue weighted by Crippen LogP contribution is 2.30. The van der Waals surface area contributed by atoms with Crippen molar-refractivity contribution in [1.82, 2.24) is 5.32 Å². The van der Waals surface area contributed by atoms with Gasteiger partial charge in [-0.2, -0.15) is 0 Å². The Morgan fingerprint density at radius 2 is 2.33 bits per heavy atom. The van der Waals surface area contributed by atoms with Gasteiger partial charge in [0.25, 0.3) is 0 Å². The van der Waals surface area contributed by atoms with Gasteiger partial charge in [-0.1, -0.05) is 0 Å². The first-order valence-electron chi connectivity index (χ1n) is 3.45. The van der Waals surface area contributed by atoms with Gasteiger partial charge >= 0.3 is 8.60 Å². The molecule has 0 spiro atoms. The van der Waals surface area contributed by atoms with E-state index >= 15 is 0 Å². The number of aliphatic hydroxyl groups excluding tert-OH is 1. The molecule has 3 N–H and O–H groups in total. The molecule has 5 nitrogen and oxygen atoms in total. The van der Waals surface area contributed by atoms with E-state index in [0.29, 0.717) is 0 Å². The zero-order chi connectivity index (χ0) is 9.40. The molecule has 0 aliphatic rings. The van der Waals surface area contributed by atoms with Gasteiger partial charge in [-0.05, 0) is 6.44 Å². The van der Waals surface area contributed by atoms with E-state index in [0.717, 1.165) is 0 Å². The van der Waals surface area contributed by atoms with Crippen LogP contribution in [0.5, 0.6) is 0 Å². The molecule has 0 aliphatic heterocycles. The van der Waals surface area contributed by atoms with Crippen molar-refractivity contribution in [3.63, 3.8) is 0 Å². The van der Waals surface area contributed by atoms with E-state index in [1.807, 2.05) is 0 Å². The van der Waals surface area contributed by atoms with Gasteiger partial charge in [-0.15, -0.1) is 0 Å². The maximum Gasteiger partial charge on any atom is 0.329 e. The molecule has 0 rings (SSSR count). The summed E-state index contributed by atoms with van der Waals surface area (Å²) in [4.78, 5) is 8.85. The van der Waals surface area contributed by atoms with Crippen molar-refractivity contribution in [3.05, 3.63) is 0 Å².